The van der Waals surface area contributed by atoms with Crippen molar-refractivity contribution in [3.05, 3.63) is 23.8 Å². The fourth-order valence-corrected chi connectivity index (χ4v) is 5.33. The first-order valence-electron chi connectivity index (χ1n) is 8.32. The van der Waals surface area contributed by atoms with Crippen molar-refractivity contribution < 1.29 is 9.84 Å². The highest BCUT2D eigenvalue weighted by Crippen LogP contribution is 2.53. The number of ether oxygens (including phenoxy) is 1. The molecular weight excluding hydrogens is 262 g/mol. The van der Waals surface area contributed by atoms with Crippen LogP contribution in [0.15, 0.2) is 18.2 Å². The Kier molecular flexibility index (Phi) is 3.33. The van der Waals surface area contributed by atoms with E-state index in [0.717, 1.165) is 30.2 Å². The Morgan fingerprint density at radius 1 is 1.10 bits per heavy atom. The number of methoxy groups -OCH3 is 1. The zero-order chi connectivity index (χ0) is 14.4. The topological polar surface area (TPSA) is 41.5 Å². The molecule has 4 bridgehead atoms. The molecule has 0 aromatic heterocycles. The van der Waals surface area contributed by atoms with Crippen molar-refractivity contribution in [1.82, 2.24) is 5.32 Å². The van der Waals surface area contributed by atoms with Gasteiger partial charge in [0.2, 0.25) is 0 Å². The van der Waals surface area contributed by atoms with E-state index in [2.05, 4.69) is 5.32 Å². The van der Waals surface area contributed by atoms with E-state index >= 15 is 0 Å². The number of hydrogen-bond acceptors (Lipinski definition) is 3. The van der Waals surface area contributed by atoms with Gasteiger partial charge in [0, 0.05) is 12.6 Å². The van der Waals surface area contributed by atoms with Crippen molar-refractivity contribution in [2.75, 3.05) is 7.11 Å². The molecule has 4 aliphatic carbocycles. The lowest BCUT2D eigenvalue weighted by atomic mass is 9.54. The van der Waals surface area contributed by atoms with E-state index in [0.29, 0.717) is 11.8 Å². The van der Waals surface area contributed by atoms with Crippen LogP contribution in [0.1, 0.15) is 37.7 Å². The monoisotopic (exact) mass is 287 g/mol. The third kappa shape index (κ3) is 2.42. The first-order valence-corrected chi connectivity index (χ1v) is 8.32. The van der Waals surface area contributed by atoms with Gasteiger partial charge in [-0.2, -0.15) is 0 Å². The van der Waals surface area contributed by atoms with E-state index in [1.807, 2.05) is 12.1 Å². The number of nitrogens with one attached hydrogen (secondary N) is 1. The van der Waals surface area contributed by atoms with Crippen LogP contribution in [0, 0.1) is 23.7 Å². The molecule has 0 spiro atoms. The molecule has 1 aromatic carbocycles. The molecule has 0 heterocycles. The normalized spacial score (nSPS) is 36.9. The number of phenolic OH excluding ortho intramolecular Hbond substituents is 1. The van der Waals surface area contributed by atoms with E-state index in [1.54, 1.807) is 13.2 Å². The first-order chi connectivity index (χ1) is 10.2. The van der Waals surface area contributed by atoms with E-state index in [4.69, 9.17) is 4.74 Å². The zero-order valence-corrected chi connectivity index (χ0v) is 12.7. The van der Waals surface area contributed by atoms with Gasteiger partial charge in [-0.1, -0.05) is 6.07 Å². The maximum Gasteiger partial charge on any atom is 0.160 e. The highest BCUT2D eigenvalue weighted by molar-refractivity contribution is 5.41. The summed E-state index contributed by atoms with van der Waals surface area (Å²) in [4.78, 5) is 0. The highest BCUT2D eigenvalue weighted by atomic mass is 16.5. The van der Waals surface area contributed by atoms with Crippen LogP contribution < -0.4 is 10.1 Å². The van der Waals surface area contributed by atoms with Crippen molar-refractivity contribution in [2.45, 2.75) is 44.7 Å². The number of rotatable bonds is 4. The molecule has 0 aliphatic heterocycles. The Hall–Kier alpha value is -1.22. The molecule has 2 N–H and O–H groups in total. The summed E-state index contributed by atoms with van der Waals surface area (Å²) < 4.78 is 5.19. The van der Waals surface area contributed by atoms with Gasteiger partial charge in [-0.25, -0.2) is 0 Å². The third-order valence-electron chi connectivity index (χ3n) is 6.01. The van der Waals surface area contributed by atoms with Crippen LogP contribution in [0.2, 0.25) is 0 Å². The van der Waals surface area contributed by atoms with Crippen LogP contribution in [0.4, 0.5) is 0 Å². The smallest absolute Gasteiger partial charge is 0.160 e. The van der Waals surface area contributed by atoms with E-state index in [-0.39, 0.29) is 5.75 Å². The van der Waals surface area contributed by atoms with Gasteiger partial charge in [0.05, 0.1) is 7.11 Å². The number of benzene rings is 1. The van der Waals surface area contributed by atoms with Gasteiger partial charge in [-0.05, 0) is 73.5 Å². The molecule has 0 unspecified atom stereocenters. The highest BCUT2D eigenvalue weighted by Gasteiger charge is 2.47. The second-order valence-electron chi connectivity index (χ2n) is 7.34. The van der Waals surface area contributed by atoms with Crippen LogP contribution in [0.3, 0.4) is 0 Å². The minimum absolute atomic E-state index is 0.218. The molecule has 21 heavy (non-hydrogen) atoms. The molecule has 4 aliphatic rings. The summed E-state index contributed by atoms with van der Waals surface area (Å²) in [5.74, 6) is 4.65. The minimum Gasteiger partial charge on any atom is -0.504 e. The SMILES string of the molecule is COc1cc(CNC2C3CC4CC(C3)CC2C4)ccc1O. The zero-order valence-electron chi connectivity index (χ0n) is 12.7. The predicted molar refractivity (Wildman–Crippen MR) is 82.3 cm³/mol. The molecule has 3 heteroatoms. The lowest BCUT2D eigenvalue weighted by Gasteiger charge is -2.54. The van der Waals surface area contributed by atoms with E-state index in [1.165, 1.54) is 37.7 Å². The van der Waals surface area contributed by atoms with Crippen molar-refractivity contribution in [3.63, 3.8) is 0 Å². The fourth-order valence-electron chi connectivity index (χ4n) is 5.33. The predicted octanol–water partition coefficient (Wildman–Crippen LogP) is 3.32. The lowest BCUT2D eigenvalue weighted by molar-refractivity contribution is -0.0142. The van der Waals surface area contributed by atoms with Crippen LogP contribution in [0.5, 0.6) is 11.5 Å². The van der Waals surface area contributed by atoms with Gasteiger partial charge in [0.1, 0.15) is 0 Å². The summed E-state index contributed by atoms with van der Waals surface area (Å²) in [6.45, 7) is 0.879. The van der Waals surface area contributed by atoms with Crippen molar-refractivity contribution in [2.24, 2.45) is 23.7 Å². The largest absolute Gasteiger partial charge is 0.504 e. The van der Waals surface area contributed by atoms with Crippen LogP contribution >= 0.6 is 0 Å². The molecule has 114 valence electrons. The third-order valence-corrected chi connectivity index (χ3v) is 6.01. The fraction of sp³-hybridized carbons (Fsp3) is 0.667. The Balaban J connectivity index is 1.43. The van der Waals surface area contributed by atoms with Crippen molar-refractivity contribution >= 4 is 0 Å². The van der Waals surface area contributed by atoms with Gasteiger partial charge in [0.25, 0.3) is 0 Å². The summed E-state index contributed by atoms with van der Waals surface area (Å²) in [6, 6.07) is 6.36. The van der Waals surface area contributed by atoms with Gasteiger partial charge < -0.3 is 15.2 Å². The molecule has 5 rings (SSSR count). The average molecular weight is 287 g/mol. The van der Waals surface area contributed by atoms with Crippen LogP contribution in [-0.2, 0) is 6.54 Å². The first kappa shape index (κ1) is 13.4. The molecular formula is C18H25NO2. The van der Waals surface area contributed by atoms with Crippen molar-refractivity contribution in [3.8, 4) is 11.5 Å². The Morgan fingerprint density at radius 3 is 2.38 bits per heavy atom. The van der Waals surface area contributed by atoms with Crippen LogP contribution in [0.25, 0.3) is 0 Å². The molecule has 1 aromatic rings. The van der Waals surface area contributed by atoms with Crippen LogP contribution in [-0.4, -0.2) is 18.3 Å². The second kappa shape index (κ2) is 5.20. The Bertz CT molecular complexity index is 500. The maximum absolute atomic E-state index is 9.67. The van der Waals surface area contributed by atoms with E-state index < -0.39 is 0 Å². The van der Waals surface area contributed by atoms with Gasteiger partial charge in [-0.15, -0.1) is 0 Å². The summed E-state index contributed by atoms with van der Waals surface area (Å²) in [7, 11) is 1.60. The standard InChI is InChI=1S/C18H25NO2/c1-21-17-9-11(2-3-16(17)20)10-19-18-14-5-12-4-13(7-14)8-15(18)6-12/h2-3,9,12-15,18-20H,4-8,10H2,1H3. The Morgan fingerprint density at radius 2 is 1.76 bits per heavy atom. The molecule has 0 atom stereocenters. The minimum atomic E-state index is 0.218. The van der Waals surface area contributed by atoms with Gasteiger partial charge in [-0.3, -0.25) is 0 Å². The summed E-state index contributed by atoms with van der Waals surface area (Å²) >= 11 is 0. The molecule has 0 radical (unpaired) electrons. The maximum atomic E-state index is 9.67. The van der Waals surface area contributed by atoms with Crippen molar-refractivity contribution in [1.29, 1.82) is 0 Å². The second-order valence-corrected chi connectivity index (χ2v) is 7.34. The summed E-state index contributed by atoms with van der Waals surface area (Å²) in [6.07, 6.45) is 7.30. The molecule has 0 saturated heterocycles. The lowest BCUT2D eigenvalue weighted by Crippen LogP contribution is -2.54. The van der Waals surface area contributed by atoms with Gasteiger partial charge in [0.15, 0.2) is 11.5 Å². The molecule has 4 fully saturated rings. The Labute approximate surface area is 126 Å². The number of phenols is 1. The molecule has 0 amide bonds. The number of hydrogen-bond donors (Lipinski definition) is 2. The molecule has 4 saturated carbocycles. The molecule has 3 nitrogen and oxygen atoms in total. The average Bonchev–Trinajstić information content (AvgIpc) is 2.47. The van der Waals surface area contributed by atoms with E-state index in [9.17, 15) is 5.11 Å². The summed E-state index contributed by atoms with van der Waals surface area (Å²) in [5.41, 5.74) is 1.19. The van der Waals surface area contributed by atoms with Gasteiger partial charge >= 0.3 is 0 Å². The number of aromatic hydroxyl groups is 1. The quantitative estimate of drug-likeness (QED) is 0.892. The summed E-state index contributed by atoms with van der Waals surface area (Å²) in [5, 5.41) is 13.5.